The molecule has 1 N–H and O–H groups in total. The zero-order chi connectivity index (χ0) is 14.5. The Bertz CT molecular complexity index is 642. The molecule has 0 radical (unpaired) electrons. The van der Waals surface area contributed by atoms with Crippen molar-refractivity contribution in [2.75, 3.05) is 11.5 Å². The SMILES string of the molecule is CCS(=O)(CC)=NS(=O)(=O)NCc1ncccc1Cl. The molecule has 1 rings (SSSR count). The summed E-state index contributed by atoms with van der Waals surface area (Å²) in [4.78, 5) is 3.95. The molecule has 0 fully saturated rings. The van der Waals surface area contributed by atoms with Crippen LogP contribution in [0.3, 0.4) is 0 Å². The van der Waals surface area contributed by atoms with Gasteiger partial charge in [-0.2, -0.15) is 13.1 Å². The molecule has 1 aromatic heterocycles. The van der Waals surface area contributed by atoms with E-state index >= 15 is 0 Å². The van der Waals surface area contributed by atoms with Gasteiger partial charge in [-0.1, -0.05) is 29.2 Å². The lowest BCUT2D eigenvalue weighted by Crippen LogP contribution is -2.24. The Morgan fingerprint density at radius 1 is 1.32 bits per heavy atom. The number of aromatic nitrogens is 1. The van der Waals surface area contributed by atoms with Crippen molar-refractivity contribution in [2.24, 2.45) is 3.77 Å². The third kappa shape index (κ3) is 5.06. The van der Waals surface area contributed by atoms with E-state index < -0.39 is 19.9 Å². The van der Waals surface area contributed by atoms with Crippen LogP contribution in [0.4, 0.5) is 0 Å². The molecular formula is C10H16ClN3O3S2. The minimum absolute atomic E-state index is 0.0888. The third-order valence-electron chi connectivity index (χ3n) is 2.39. The molecule has 0 amide bonds. The van der Waals surface area contributed by atoms with Gasteiger partial charge in [0.2, 0.25) is 0 Å². The maximum atomic E-state index is 12.0. The predicted molar refractivity (Wildman–Crippen MR) is 76.7 cm³/mol. The summed E-state index contributed by atoms with van der Waals surface area (Å²) in [6, 6.07) is 3.25. The summed E-state index contributed by atoms with van der Waals surface area (Å²) in [5, 5.41) is 0.358. The van der Waals surface area contributed by atoms with Crippen molar-refractivity contribution in [2.45, 2.75) is 20.4 Å². The van der Waals surface area contributed by atoms with Gasteiger partial charge in [0.25, 0.3) is 0 Å². The van der Waals surface area contributed by atoms with E-state index in [4.69, 9.17) is 11.6 Å². The Morgan fingerprint density at radius 2 is 1.95 bits per heavy atom. The van der Waals surface area contributed by atoms with Gasteiger partial charge < -0.3 is 0 Å². The average Bonchev–Trinajstić information content (AvgIpc) is 2.37. The number of halogens is 1. The van der Waals surface area contributed by atoms with Crippen molar-refractivity contribution in [1.29, 1.82) is 0 Å². The molecule has 0 aliphatic heterocycles. The van der Waals surface area contributed by atoms with Crippen LogP contribution in [0, 0.1) is 0 Å². The summed E-state index contributed by atoms with van der Waals surface area (Å²) in [6.07, 6.45) is 1.51. The lowest BCUT2D eigenvalue weighted by molar-refractivity contribution is 0.582. The van der Waals surface area contributed by atoms with Crippen molar-refractivity contribution in [3.8, 4) is 0 Å². The molecule has 0 aliphatic carbocycles. The fraction of sp³-hybridized carbons (Fsp3) is 0.500. The van der Waals surface area contributed by atoms with Crippen LogP contribution in [0.5, 0.6) is 0 Å². The zero-order valence-corrected chi connectivity index (χ0v) is 13.1. The molecule has 0 atom stereocenters. The second kappa shape index (κ2) is 6.65. The summed E-state index contributed by atoms with van der Waals surface area (Å²) >= 11 is 5.86. The standard InChI is InChI=1S/C10H16ClN3O3S2/c1-3-18(15,4-2)14-19(16,17)13-8-10-9(11)6-5-7-12-10/h5-7,13H,3-4,8H2,1-2H3. The van der Waals surface area contributed by atoms with Crippen LogP contribution in [0.1, 0.15) is 19.5 Å². The number of pyridine rings is 1. The van der Waals surface area contributed by atoms with Gasteiger partial charge in [0.1, 0.15) is 0 Å². The van der Waals surface area contributed by atoms with Gasteiger partial charge in [-0.05, 0) is 12.1 Å². The van der Waals surface area contributed by atoms with E-state index in [0.29, 0.717) is 10.7 Å². The number of hydrogen-bond acceptors (Lipinski definition) is 4. The number of rotatable bonds is 6. The van der Waals surface area contributed by atoms with Crippen molar-refractivity contribution < 1.29 is 12.6 Å². The van der Waals surface area contributed by atoms with Gasteiger partial charge in [-0.3, -0.25) is 4.98 Å². The predicted octanol–water partition coefficient (Wildman–Crippen LogP) is 1.58. The highest BCUT2D eigenvalue weighted by Gasteiger charge is 2.14. The average molecular weight is 326 g/mol. The maximum absolute atomic E-state index is 12.0. The summed E-state index contributed by atoms with van der Waals surface area (Å²) in [6.45, 7) is 3.19. The van der Waals surface area contributed by atoms with Gasteiger partial charge in [-0.15, -0.1) is 0 Å². The smallest absolute Gasteiger partial charge is 0.258 e. The molecule has 108 valence electrons. The Kier molecular flexibility index (Phi) is 5.72. The topological polar surface area (TPSA) is 88.5 Å². The van der Waals surface area contributed by atoms with E-state index in [9.17, 15) is 12.6 Å². The molecule has 0 bridgehead atoms. The summed E-state index contributed by atoms with van der Waals surface area (Å²) < 4.78 is 41.1. The Balaban J connectivity index is 2.89. The minimum Gasteiger partial charge on any atom is -0.258 e. The van der Waals surface area contributed by atoms with E-state index in [0.717, 1.165) is 0 Å². The largest absolute Gasteiger partial charge is 0.327 e. The first-order chi connectivity index (χ1) is 8.82. The van der Waals surface area contributed by atoms with E-state index in [2.05, 4.69) is 13.5 Å². The fourth-order valence-electron chi connectivity index (χ4n) is 1.22. The number of nitrogens with zero attached hydrogens (tertiary/aromatic N) is 2. The molecule has 0 aliphatic rings. The quantitative estimate of drug-likeness (QED) is 0.860. The summed E-state index contributed by atoms with van der Waals surface area (Å²) in [5.41, 5.74) is 0.391. The van der Waals surface area contributed by atoms with Crippen molar-refractivity contribution in [3.05, 3.63) is 29.0 Å². The van der Waals surface area contributed by atoms with Crippen LogP contribution >= 0.6 is 11.6 Å². The monoisotopic (exact) mass is 325 g/mol. The van der Waals surface area contributed by atoms with E-state index in [1.807, 2.05) is 0 Å². The molecule has 0 saturated carbocycles. The third-order valence-corrected chi connectivity index (χ3v) is 6.92. The molecule has 1 heterocycles. The minimum atomic E-state index is -3.98. The molecule has 0 unspecified atom stereocenters. The Hall–Kier alpha value is -0.700. The fourth-order valence-corrected chi connectivity index (χ4v) is 4.62. The molecule has 0 spiro atoms. The Morgan fingerprint density at radius 3 is 2.47 bits per heavy atom. The molecule has 9 heteroatoms. The number of nitrogens with one attached hydrogen (secondary N) is 1. The van der Waals surface area contributed by atoms with Crippen LogP contribution in [0.15, 0.2) is 22.1 Å². The molecule has 19 heavy (non-hydrogen) atoms. The maximum Gasteiger partial charge on any atom is 0.327 e. The van der Waals surface area contributed by atoms with E-state index in [1.54, 1.807) is 26.0 Å². The summed E-state index contributed by atoms with van der Waals surface area (Å²) in [7, 11) is -6.69. The Labute approximate surface area is 119 Å². The van der Waals surface area contributed by atoms with Gasteiger partial charge in [-0.25, -0.2) is 4.21 Å². The van der Waals surface area contributed by atoms with Crippen LogP contribution < -0.4 is 4.72 Å². The van der Waals surface area contributed by atoms with Crippen molar-refractivity contribution >= 4 is 31.5 Å². The van der Waals surface area contributed by atoms with Gasteiger partial charge in [0, 0.05) is 17.7 Å². The second-order valence-corrected chi connectivity index (χ2v) is 8.59. The van der Waals surface area contributed by atoms with Crippen molar-refractivity contribution in [3.63, 3.8) is 0 Å². The van der Waals surface area contributed by atoms with Crippen LogP contribution in [-0.2, 0) is 26.5 Å². The molecule has 0 saturated heterocycles. The summed E-state index contributed by atoms with van der Waals surface area (Å²) in [5.74, 6) is 0.378. The first kappa shape index (κ1) is 16.4. The van der Waals surface area contributed by atoms with E-state index in [-0.39, 0.29) is 18.1 Å². The molecule has 1 aromatic rings. The normalized spacial score (nSPS) is 12.4. The highest BCUT2D eigenvalue weighted by atomic mass is 35.5. The highest BCUT2D eigenvalue weighted by Crippen LogP contribution is 2.12. The molecular weight excluding hydrogens is 310 g/mol. The lowest BCUT2D eigenvalue weighted by Gasteiger charge is -2.06. The second-order valence-electron chi connectivity index (χ2n) is 3.65. The van der Waals surface area contributed by atoms with Crippen LogP contribution in [0.25, 0.3) is 0 Å². The first-order valence-corrected chi connectivity index (χ1v) is 9.32. The van der Waals surface area contributed by atoms with Crippen LogP contribution in [-0.4, -0.2) is 29.1 Å². The van der Waals surface area contributed by atoms with E-state index in [1.165, 1.54) is 6.20 Å². The zero-order valence-electron chi connectivity index (χ0n) is 10.7. The first-order valence-electron chi connectivity index (χ1n) is 5.64. The molecule has 0 aromatic carbocycles. The van der Waals surface area contributed by atoms with Gasteiger partial charge in [0.15, 0.2) is 0 Å². The van der Waals surface area contributed by atoms with Crippen LogP contribution in [0.2, 0.25) is 5.02 Å². The number of hydrogen-bond donors (Lipinski definition) is 1. The molecule has 6 nitrogen and oxygen atoms in total. The lowest BCUT2D eigenvalue weighted by atomic mass is 10.3. The highest BCUT2D eigenvalue weighted by molar-refractivity contribution is 8.02. The van der Waals surface area contributed by atoms with Gasteiger partial charge >= 0.3 is 10.2 Å². The van der Waals surface area contributed by atoms with Crippen molar-refractivity contribution in [1.82, 2.24) is 9.71 Å². The van der Waals surface area contributed by atoms with Gasteiger partial charge in [0.05, 0.1) is 27.0 Å².